The van der Waals surface area contributed by atoms with Crippen LogP contribution in [-0.4, -0.2) is 122 Å². The number of carbonyl (C=O) groups is 4. The van der Waals surface area contributed by atoms with Gasteiger partial charge < -0.3 is 47.4 Å². The van der Waals surface area contributed by atoms with Gasteiger partial charge in [-0.25, -0.2) is 19.2 Å². The summed E-state index contributed by atoms with van der Waals surface area (Å²) in [4.78, 5) is 51.5. The van der Waals surface area contributed by atoms with Crippen LogP contribution in [0.1, 0.15) is 73.6 Å². The van der Waals surface area contributed by atoms with Gasteiger partial charge in [0.25, 0.3) is 0 Å². The lowest BCUT2D eigenvalue weighted by molar-refractivity contribution is -0.223. The lowest BCUT2D eigenvalue weighted by Gasteiger charge is -2.38. The van der Waals surface area contributed by atoms with Crippen LogP contribution in [0.2, 0.25) is 0 Å². The molecule has 3 saturated heterocycles. The van der Waals surface area contributed by atoms with E-state index in [9.17, 15) is 19.2 Å². The number of carbonyl (C=O) groups excluding carboxylic acids is 4. The van der Waals surface area contributed by atoms with Crippen molar-refractivity contribution >= 4 is 47.4 Å². The highest BCUT2D eigenvalue weighted by Crippen LogP contribution is 2.37. The van der Waals surface area contributed by atoms with Crippen molar-refractivity contribution in [2.75, 3.05) is 58.3 Å². The predicted octanol–water partition coefficient (Wildman–Crippen LogP) is 5.03. The number of hydrogen-bond donors (Lipinski definition) is 0. The summed E-state index contributed by atoms with van der Waals surface area (Å²) in [5.41, 5.74) is -0.947. The molecule has 7 atom stereocenters. The summed E-state index contributed by atoms with van der Waals surface area (Å²) in [5.74, 6) is -4.01. The Morgan fingerprint density at radius 2 is 1.62 bits per heavy atom. The Labute approximate surface area is 321 Å². The van der Waals surface area contributed by atoms with Gasteiger partial charge in [-0.3, -0.25) is 0 Å². The molecule has 0 bridgehead atoms. The molecule has 3 aliphatic rings. The first-order valence-electron chi connectivity index (χ1n) is 17.8. The van der Waals surface area contributed by atoms with Crippen LogP contribution in [0.25, 0.3) is 0 Å². The third-order valence-electron chi connectivity index (χ3n) is 8.48. The van der Waals surface area contributed by atoms with Gasteiger partial charge in [-0.1, -0.05) is 26.2 Å². The highest BCUT2D eigenvalue weighted by Gasteiger charge is 2.46. The van der Waals surface area contributed by atoms with Gasteiger partial charge in [0.15, 0.2) is 11.7 Å². The number of ether oxygens (including phenoxy) is 10. The van der Waals surface area contributed by atoms with Gasteiger partial charge in [0.1, 0.15) is 17.0 Å². The van der Waals surface area contributed by atoms with Gasteiger partial charge in [0.2, 0.25) is 11.6 Å². The molecule has 3 aliphatic heterocycles. The summed E-state index contributed by atoms with van der Waals surface area (Å²) in [6.07, 6.45) is 1.72. The minimum atomic E-state index is -1.55. The molecule has 3 heterocycles. The summed E-state index contributed by atoms with van der Waals surface area (Å²) < 4.78 is 58.2. The van der Waals surface area contributed by atoms with Crippen molar-refractivity contribution in [3.63, 3.8) is 0 Å². The number of hydrogen-bond acceptors (Lipinski definition) is 16. The molecule has 14 nitrogen and oxygen atoms in total. The van der Waals surface area contributed by atoms with Crippen molar-refractivity contribution in [3.8, 4) is 0 Å². The fraction of sp³-hybridized carbons (Fsp3) is 0.730. The zero-order valence-corrected chi connectivity index (χ0v) is 33.7. The van der Waals surface area contributed by atoms with Crippen molar-refractivity contribution < 1.29 is 66.5 Å². The predicted molar refractivity (Wildman–Crippen MR) is 198 cm³/mol. The lowest BCUT2D eigenvalue weighted by Crippen LogP contribution is -2.50. The Bertz CT molecular complexity index is 1330. The molecule has 7 unspecified atom stereocenters. The van der Waals surface area contributed by atoms with Crippen LogP contribution < -0.4 is 0 Å². The second-order valence-corrected chi connectivity index (χ2v) is 16.1. The average Bonchev–Trinajstić information content (AvgIpc) is 3.40. The Kier molecular flexibility index (Phi) is 17.8. The van der Waals surface area contributed by atoms with Crippen molar-refractivity contribution in [1.82, 2.24) is 0 Å². The molecule has 300 valence electrons. The maximum Gasteiger partial charge on any atom is 0.335 e. The molecule has 0 radical (unpaired) electrons. The maximum atomic E-state index is 13.4. The number of rotatable bonds is 17. The molecule has 3 fully saturated rings. The van der Waals surface area contributed by atoms with Crippen molar-refractivity contribution in [1.29, 1.82) is 0 Å². The van der Waals surface area contributed by atoms with Crippen LogP contribution in [0.4, 0.5) is 0 Å². The Morgan fingerprint density at radius 1 is 0.943 bits per heavy atom. The van der Waals surface area contributed by atoms with E-state index in [1.54, 1.807) is 34.0 Å². The normalized spacial score (nSPS) is 31.0. The van der Waals surface area contributed by atoms with Gasteiger partial charge >= 0.3 is 23.9 Å². The summed E-state index contributed by atoms with van der Waals surface area (Å²) in [6, 6.07) is 0. The van der Waals surface area contributed by atoms with Crippen LogP contribution >= 0.6 is 23.5 Å². The zero-order valence-electron chi connectivity index (χ0n) is 32.0. The molecule has 53 heavy (non-hydrogen) atoms. The molecular formula is C37H56O14S2. The van der Waals surface area contributed by atoms with E-state index in [4.69, 9.17) is 47.4 Å². The van der Waals surface area contributed by atoms with Gasteiger partial charge in [-0.05, 0) is 45.8 Å². The quantitative estimate of drug-likeness (QED) is 0.0835. The number of thioether (sulfide) groups is 2. The molecule has 0 aromatic heterocycles. The maximum absolute atomic E-state index is 13.4. The monoisotopic (exact) mass is 788 g/mol. The third-order valence-corrected chi connectivity index (χ3v) is 11.1. The summed E-state index contributed by atoms with van der Waals surface area (Å²) in [6.45, 7) is 17.9. The van der Waals surface area contributed by atoms with Crippen LogP contribution in [0, 0.1) is 0 Å². The van der Waals surface area contributed by atoms with E-state index in [2.05, 4.69) is 13.2 Å². The first-order chi connectivity index (χ1) is 25.0. The van der Waals surface area contributed by atoms with Crippen LogP contribution in [0.5, 0.6) is 0 Å². The summed E-state index contributed by atoms with van der Waals surface area (Å²) >= 11 is 3.02. The van der Waals surface area contributed by atoms with E-state index >= 15 is 0 Å². The Balaban J connectivity index is 1.66. The number of methoxy groups -OCH3 is 1. The second kappa shape index (κ2) is 21.0. The molecule has 3 rings (SSSR count). The van der Waals surface area contributed by atoms with E-state index in [0.29, 0.717) is 24.4 Å². The van der Waals surface area contributed by atoms with Crippen LogP contribution in [0.3, 0.4) is 0 Å². The van der Waals surface area contributed by atoms with E-state index in [-0.39, 0.29) is 62.5 Å². The fourth-order valence-electron chi connectivity index (χ4n) is 5.47. The minimum absolute atomic E-state index is 0.00746. The zero-order chi connectivity index (χ0) is 39.2. The van der Waals surface area contributed by atoms with Crippen molar-refractivity contribution in [2.24, 2.45) is 0 Å². The molecule has 16 heteroatoms. The highest BCUT2D eigenvalue weighted by atomic mass is 32.2. The molecular weight excluding hydrogens is 733 g/mol. The van der Waals surface area contributed by atoms with E-state index in [0.717, 1.165) is 18.6 Å². The minimum Gasteiger partial charge on any atom is -0.463 e. The van der Waals surface area contributed by atoms with Crippen molar-refractivity contribution in [2.45, 2.75) is 114 Å². The van der Waals surface area contributed by atoms with Gasteiger partial charge in [0.05, 0.1) is 45.2 Å². The largest absolute Gasteiger partial charge is 0.463 e. The SMILES string of the molecule is C=C(C)C(=O)OC1(C)CC(C(=O)OCC/C=C(\C)C(=O)OC2(C)CSC(OC)CO2)OC(COCC2(OC(=O)C(=C)C)CCCCOC2SCC)CO1. The second-order valence-electron chi connectivity index (χ2n) is 13.6. The van der Waals surface area contributed by atoms with E-state index in [1.165, 1.54) is 37.4 Å². The topological polar surface area (TPSA) is 161 Å². The molecule has 0 aromatic rings. The van der Waals surface area contributed by atoms with Gasteiger partial charge in [-0.15, -0.1) is 23.5 Å². The van der Waals surface area contributed by atoms with Crippen LogP contribution in [-0.2, 0) is 66.5 Å². The Hall–Kier alpha value is -2.44. The first-order valence-corrected chi connectivity index (χ1v) is 19.9. The average molecular weight is 789 g/mol. The molecule has 0 aromatic carbocycles. The van der Waals surface area contributed by atoms with Crippen LogP contribution in [0.15, 0.2) is 36.0 Å². The smallest absolute Gasteiger partial charge is 0.335 e. The molecule has 0 N–H and O–H groups in total. The number of esters is 4. The third kappa shape index (κ3) is 14.0. The summed E-state index contributed by atoms with van der Waals surface area (Å²) in [7, 11) is 1.59. The van der Waals surface area contributed by atoms with Crippen molar-refractivity contribution in [3.05, 3.63) is 36.0 Å². The van der Waals surface area contributed by atoms with Gasteiger partial charge in [-0.2, -0.15) is 0 Å². The van der Waals surface area contributed by atoms with E-state index in [1.807, 2.05) is 6.92 Å². The van der Waals surface area contributed by atoms with Gasteiger partial charge in [0, 0.05) is 50.7 Å². The molecule has 0 spiro atoms. The van der Waals surface area contributed by atoms with E-state index < -0.39 is 58.7 Å². The summed E-state index contributed by atoms with van der Waals surface area (Å²) in [5, 5.41) is 0. The molecule has 0 saturated carbocycles. The molecule has 0 amide bonds. The highest BCUT2D eigenvalue weighted by molar-refractivity contribution is 8.00. The lowest BCUT2D eigenvalue weighted by atomic mass is 9.98. The Morgan fingerprint density at radius 3 is 2.26 bits per heavy atom. The first kappa shape index (κ1) is 45.0. The molecule has 0 aliphatic carbocycles. The fourth-order valence-corrected chi connectivity index (χ4v) is 7.43. The standard InChI is InChI=1S/C37H56O14S2/c1-10-52-34-37(15-11-12-16-45-34,51-31(39)25(4)5)22-43-19-27-20-46-35(7,49-30(38)24(2)3)18-28(48-27)33(41)44-17-13-14-26(6)32(40)50-36(8)23-53-29(42-9)21-47-36/h14,27-29,34H,2,4,10-13,15-23H2,1,3,5-9H3/b26-14+.